The third kappa shape index (κ3) is 4.68. The van der Waals surface area contributed by atoms with E-state index < -0.39 is 71.6 Å². The second kappa shape index (κ2) is 13.2. The lowest BCUT2D eigenvalue weighted by molar-refractivity contribution is 1.10. The van der Waals surface area contributed by atoms with Crippen LogP contribution in [0.3, 0.4) is 0 Å². The minimum Gasteiger partial charge on any atom is -0.305 e. The van der Waals surface area contributed by atoms with Gasteiger partial charge in [-0.25, -0.2) is 0 Å². The van der Waals surface area contributed by atoms with Crippen LogP contribution >= 0.6 is 22.7 Å². The lowest BCUT2D eigenvalue weighted by atomic mass is 9.86. The fourth-order valence-electron chi connectivity index (χ4n) is 9.55. The first-order valence-corrected chi connectivity index (χ1v) is 21.4. The lowest BCUT2D eigenvalue weighted by Gasteiger charge is -2.26. The predicted octanol–water partition coefficient (Wildman–Crippen LogP) is 15.7. The molecule has 13 rings (SSSR count). The highest BCUT2D eigenvalue weighted by atomic mass is 32.1. The molecule has 0 aliphatic carbocycles. The van der Waals surface area contributed by atoms with Gasteiger partial charge in [0.05, 0.1) is 67.7 Å². The Bertz CT molecular complexity index is 4390. The molecule has 286 valence electrons. The first-order valence-electron chi connectivity index (χ1n) is 24.7. The van der Waals surface area contributed by atoms with Crippen molar-refractivity contribution in [3.8, 4) is 45.8 Å². The molecule has 4 nitrogen and oxygen atoms in total. The second-order valence-electron chi connectivity index (χ2n) is 15.0. The maximum atomic E-state index is 11.8. The van der Waals surface area contributed by atoms with E-state index in [0.717, 1.165) is 61.9 Å². The third-order valence-electron chi connectivity index (χ3n) is 12.0. The number of nitriles is 2. The molecular formula is C56H30N4S2. The molecule has 6 heteroatoms. The number of hydrogen-bond acceptors (Lipinski definition) is 4. The minimum atomic E-state index is -0.673. The molecule has 13 aromatic rings. The molecule has 0 spiro atoms. The van der Waals surface area contributed by atoms with Crippen LogP contribution in [0.15, 0.2) is 182 Å². The summed E-state index contributed by atoms with van der Waals surface area (Å²) in [5.74, 6) is 0. The van der Waals surface area contributed by atoms with E-state index >= 15 is 0 Å². The summed E-state index contributed by atoms with van der Waals surface area (Å²) in [6, 6.07) is 37.3. The Hall–Kier alpha value is -8.00. The highest BCUT2D eigenvalue weighted by Crippen LogP contribution is 2.52. The maximum Gasteiger partial charge on any atom is 0.101 e. The van der Waals surface area contributed by atoms with Gasteiger partial charge in [-0.3, -0.25) is 0 Å². The van der Waals surface area contributed by atoms with E-state index in [-0.39, 0.29) is 33.6 Å². The van der Waals surface area contributed by atoms with Gasteiger partial charge in [-0.15, -0.1) is 22.7 Å². The summed E-state index contributed by atoms with van der Waals surface area (Å²) < 4.78 is 99.8. The molecule has 0 fully saturated rings. The zero-order valence-electron chi connectivity index (χ0n) is 42.2. The van der Waals surface area contributed by atoms with Crippen molar-refractivity contribution in [2.45, 2.75) is 0 Å². The van der Waals surface area contributed by atoms with Crippen LogP contribution in [-0.4, -0.2) is 9.13 Å². The van der Waals surface area contributed by atoms with Crippen molar-refractivity contribution in [2.24, 2.45) is 0 Å². The van der Waals surface area contributed by atoms with Gasteiger partial charge < -0.3 is 9.13 Å². The van der Waals surface area contributed by atoms with E-state index in [4.69, 9.17) is 8.22 Å². The third-order valence-corrected chi connectivity index (χ3v) is 14.4. The predicted molar refractivity (Wildman–Crippen MR) is 261 cm³/mol. The molecule has 9 aromatic carbocycles. The zero-order chi connectivity index (χ0) is 49.8. The summed E-state index contributed by atoms with van der Waals surface area (Å²) in [7, 11) is 0. The average molecular weight is 833 g/mol. The SMILES string of the molecule is [2H]c1c([2H])c([2H])c(-c2c(C#N)c(C#N)c(-c3c([2H])c([2H])c([2H])c([2H])c3[2H])c(-n3c4ccccc4c4ccc5c6ccccc6sc5c43)c2-n2c3ccccc3c3ccc4c5ccccc5sc4c32)c([2H])c1[2H]. The summed E-state index contributed by atoms with van der Waals surface area (Å²) in [5.41, 5.74) is 0.709. The smallest absolute Gasteiger partial charge is 0.101 e. The highest BCUT2D eigenvalue weighted by molar-refractivity contribution is 7.27. The minimum absolute atomic E-state index is 0.0859. The van der Waals surface area contributed by atoms with Gasteiger partial charge >= 0.3 is 0 Å². The fourth-order valence-corrected chi connectivity index (χ4v) is 12.0. The van der Waals surface area contributed by atoms with Crippen molar-refractivity contribution >= 4 is 107 Å². The second-order valence-corrected chi connectivity index (χ2v) is 17.1. The summed E-state index contributed by atoms with van der Waals surface area (Å²) in [4.78, 5) is 0. The maximum absolute atomic E-state index is 11.8. The summed E-state index contributed by atoms with van der Waals surface area (Å²) in [5, 5.41) is 30.4. The van der Waals surface area contributed by atoms with Gasteiger partial charge in [0.15, 0.2) is 0 Å². The number of para-hydroxylation sites is 2. The Kier molecular flexibility index (Phi) is 5.61. The van der Waals surface area contributed by atoms with Gasteiger partial charge in [0, 0.05) is 63.6 Å². The Morgan fingerprint density at radius 3 is 1.19 bits per heavy atom. The number of thiophene rings is 2. The van der Waals surface area contributed by atoms with E-state index in [1.165, 1.54) is 22.7 Å². The van der Waals surface area contributed by atoms with Crippen LogP contribution in [0.5, 0.6) is 0 Å². The molecule has 0 unspecified atom stereocenters. The molecule has 62 heavy (non-hydrogen) atoms. The summed E-state index contributed by atoms with van der Waals surface area (Å²) in [6.07, 6.45) is 0. The van der Waals surface area contributed by atoms with Crippen molar-refractivity contribution in [2.75, 3.05) is 0 Å². The Labute approximate surface area is 377 Å². The molecule has 0 N–H and O–H groups in total. The first-order chi connectivity index (χ1) is 34.9. The molecule has 0 aliphatic heterocycles. The number of benzene rings is 9. The molecule has 4 heterocycles. The van der Waals surface area contributed by atoms with Crippen molar-refractivity contribution < 1.29 is 13.7 Å². The van der Waals surface area contributed by atoms with Gasteiger partial charge in [-0.2, -0.15) is 10.5 Å². The largest absolute Gasteiger partial charge is 0.305 e. The van der Waals surface area contributed by atoms with Crippen LogP contribution in [0.25, 0.3) is 118 Å². The van der Waals surface area contributed by atoms with Crippen LogP contribution in [0.1, 0.15) is 24.8 Å². The number of rotatable bonds is 4. The van der Waals surface area contributed by atoms with Crippen molar-refractivity contribution in [3.05, 3.63) is 193 Å². The Morgan fingerprint density at radius 1 is 0.403 bits per heavy atom. The van der Waals surface area contributed by atoms with Crippen LogP contribution in [0, 0.1) is 22.7 Å². The lowest BCUT2D eigenvalue weighted by Crippen LogP contribution is -2.11. The highest BCUT2D eigenvalue weighted by Gasteiger charge is 2.33. The monoisotopic (exact) mass is 832 g/mol. The standard InChI is InChI=1S/C56H30N4S2/c57-31-43-44(32-58)50(34-17-5-2-6-18-34)54(60-46-24-12-8-20-36(46)40-28-30-42-38-22-10-14-26-48(38)62-56(42)52(40)60)53(49(43)33-15-3-1-4-16-33)59-45-23-11-7-19-35(45)39-27-29-41-37-21-9-13-25-47(37)61-55(41)51(39)59/h1-30H/i1D,2D,3D,4D,5D,6D,15D,16D,17D,18D. The van der Waals surface area contributed by atoms with E-state index in [1.54, 1.807) is 0 Å². The Morgan fingerprint density at radius 2 is 0.774 bits per heavy atom. The van der Waals surface area contributed by atoms with Crippen molar-refractivity contribution in [1.29, 1.82) is 10.5 Å². The summed E-state index contributed by atoms with van der Waals surface area (Å²) in [6.45, 7) is 0. The number of nitrogens with zero attached hydrogens (tertiary/aromatic N) is 4. The van der Waals surface area contributed by atoms with E-state index in [1.807, 2.05) is 118 Å². The van der Waals surface area contributed by atoms with Gasteiger partial charge in [-0.1, -0.05) is 157 Å². The average Bonchev–Trinajstić information content (AvgIpc) is 4.16. The van der Waals surface area contributed by atoms with Gasteiger partial charge in [0.1, 0.15) is 12.1 Å². The van der Waals surface area contributed by atoms with Crippen LogP contribution < -0.4 is 0 Å². The van der Waals surface area contributed by atoms with Gasteiger partial charge in [0.25, 0.3) is 0 Å². The molecule has 0 saturated heterocycles. The quantitative estimate of drug-likeness (QED) is 0.177. The van der Waals surface area contributed by atoms with Gasteiger partial charge in [-0.05, 0) is 35.4 Å². The van der Waals surface area contributed by atoms with E-state index in [0.29, 0.717) is 22.1 Å². The van der Waals surface area contributed by atoms with E-state index in [2.05, 4.69) is 24.3 Å². The molecule has 0 aliphatic rings. The number of hydrogen-bond donors (Lipinski definition) is 0. The fraction of sp³-hybridized carbons (Fsp3) is 0. The van der Waals surface area contributed by atoms with Crippen molar-refractivity contribution in [1.82, 2.24) is 9.13 Å². The normalized spacial score (nSPS) is 14.1. The molecule has 0 bridgehead atoms. The van der Waals surface area contributed by atoms with Crippen LogP contribution in [0.2, 0.25) is 0 Å². The molecule has 0 radical (unpaired) electrons. The van der Waals surface area contributed by atoms with Gasteiger partial charge in [0.2, 0.25) is 0 Å². The number of aromatic nitrogens is 2. The summed E-state index contributed by atoms with van der Waals surface area (Å²) >= 11 is 3.08. The Balaban J connectivity index is 1.44. The number of fused-ring (bicyclic) bond motifs is 14. The first kappa shape index (κ1) is 26.3. The van der Waals surface area contributed by atoms with Crippen LogP contribution in [-0.2, 0) is 0 Å². The molecular weight excluding hydrogens is 793 g/mol. The topological polar surface area (TPSA) is 57.4 Å². The zero-order valence-corrected chi connectivity index (χ0v) is 33.8. The van der Waals surface area contributed by atoms with E-state index in [9.17, 15) is 16.0 Å². The molecule has 0 atom stereocenters. The van der Waals surface area contributed by atoms with Crippen molar-refractivity contribution in [3.63, 3.8) is 0 Å². The molecule has 4 aromatic heterocycles. The molecule has 0 saturated carbocycles. The molecule has 0 amide bonds. The van der Waals surface area contributed by atoms with Crippen LogP contribution in [0.4, 0.5) is 0 Å².